The van der Waals surface area contributed by atoms with Gasteiger partial charge in [0, 0.05) is 21.5 Å². The molecule has 158 valence electrons. The summed E-state index contributed by atoms with van der Waals surface area (Å²) in [4.78, 5) is 27.4. The number of halogens is 1. The van der Waals surface area contributed by atoms with Crippen molar-refractivity contribution in [3.63, 3.8) is 0 Å². The number of hydrogen-bond donors (Lipinski definition) is 1. The van der Waals surface area contributed by atoms with Gasteiger partial charge in [0.15, 0.2) is 0 Å². The Morgan fingerprint density at radius 1 is 0.903 bits per heavy atom. The minimum absolute atomic E-state index is 0.113. The first-order valence-electron chi connectivity index (χ1n) is 9.30. The van der Waals surface area contributed by atoms with Gasteiger partial charge in [0.25, 0.3) is 10.0 Å². The SMILES string of the molecule is O=C1CC(Sc2ccc(NS(=O)(=O)c3ccccc3)cc2)C(=O)N1c1ccc(Br)cc1. The Kier molecular flexibility index (Phi) is 6.17. The van der Waals surface area contributed by atoms with E-state index in [4.69, 9.17) is 0 Å². The number of thioether (sulfide) groups is 1. The van der Waals surface area contributed by atoms with Crippen LogP contribution in [0.15, 0.2) is 93.1 Å². The largest absolute Gasteiger partial charge is 0.280 e. The van der Waals surface area contributed by atoms with E-state index >= 15 is 0 Å². The molecular formula is C22H17BrN2O4S2. The van der Waals surface area contributed by atoms with Gasteiger partial charge in [-0.3, -0.25) is 14.3 Å². The second kappa shape index (κ2) is 8.86. The van der Waals surface area contributed by atoms with Crippen LogP contribution in [-0.2, 0) is 19.6 Å². The fourth-order valence-corrected chi connectivity index (χ4v) is 5.53. The zero-order chi connectivity index (χ0) is 22.0. The zero-order valence-electron chi connectivity index (χ0n) is 16.1. The number of rotatable bonds is 6. The number of sulfonamides is 1. The Morgan fingerprint density at radius 2 is 1.55 bits per heavy atom. The second-order valence-electron chi connectivity index (χ2n) is 6.80. The van der Waals surface area contributed by atoms with Crippen LogP contribution in [0.4, 0.5) is 11.4 Å². The number of carbonyl (C=O) groups is 2. The fourth-order valence-electron chi connectivity index (χ4n) is 3.14. The molecule has 4 rings (SSSR count). The van der Waals surface area contributed by atoms with E-state index in [0.717, 1.165) is 9.37 Å². The van der Waals surface area contributed by atoms with E-state index in [1.807, 2.05) is 0 Å². The first-order chi connectivity index (χ1) is 14.8. The summed E-state index contributed by atoms with van der Waals surface area (Å²) in [5.41, 5.74) is 0.963. The Morgan fingerprint density at radius 3 is 2.19 bits per heavy atom. The predicted molar refractivity (Wildman–Crippen MR) is 125 cm³/mol. The lowest BCUT2D eigenvalue weighted by atomic mass is 10.3. The molecular weight excluding hydrogens is 500 g/mol. The average molecular weight is 517 g/mol. The molecule has 6 nitrogen and oxygen atoms in total. The number of nitrogens with zero attached hydrogens (tertiary/aromatic N) is 1. The summed E-state index contributed by atoms with van der Waals surface area (Å²) in [6, 6.07) is 21.8. The molecule has 31 heavy (non-hydrogen) atoms. The maximum absolute atomic E-state index is 12.8. The van der Waals surface area contributed by atoms with Crippen LogP contribution in [0, 0.1) is 0 Å². The molecule has 1 heterocycles. The van der Waals surface area contributed by atoms with Crippen LogP contribution < -0.4 is 9.62 Å². The smallest absolute Gasteiger partial charge is 0.261 e. The highest BCUT2D eigenvalue weighted by Gasteiger charge is 2.40. The van der Waals surface area contributed by atoms with Gasteiger partial charge < -0.3 is 0 Å². The van der Waals surface area contributed by atoms with Crippen LogP contribution in [0.5, 0.6) is 0 Å². The van der Waals surface area contributed by atoms with Crippen LogP contribution in [0.25, 0.3) is 0 Å². The second-order valence-corrected chi connectivity index (χ2v) is 10.7. The molecule has 0 saturated carbocycles. The van der Waals surface area contributed by atoms with Crippen molar-refractivity contribution in [2.75, 3.05) is 9.62 Å². The Bertz CT molecular complexity index is 1210. The molecule has 0 bridgehead atoms. The van der Waals surface area contributed by atoms with Crippen molar-refractivity contribution in [2.45, 2.75) is 21.5 Å². The third kappa shape index (κ3) is 4.84. The molecule has 1 atom stereocenters. The maximum Gasteiger partial charge on any atom is 0.261 e. The molecule has 2 amide bonds. The van der Waals surface area contributed by atoms with E-state index in [9.17, 15) is 18.0 Å². The molecule has 3 aromatic carbocycles. The Balaban J connectivity index is 1.44. The third-order valence-electron chi connectivity index (χ3n) is 4.63. The lowest BCUT2D eigenvalue weighted by molar-refractivity contribution is -0.121. The number of benzene rings is 3. The summed E-state index contributed by atoms with van der Waals surface area (Å²) in [5.74, 6) is -0.497. The number of imide groups is 1. The molecule has 0 spiro atoms. The van der Waals surface area contributed by atoms with Gasteiger partial charge in [0.05, 0.1) is 15.8 Å². The van der Waals surface area contributed by atoms with E-state index in [1.54, 1.807) is 66.7 Å². The van der Waals surface area contributed by atoms with Gasteiger partial charge in [-0.15, -0.1) is 11.8 Å². The fraction of sp³-hybridized carbons (Fsp3) is 0.0909. The lowest BCUT2D eigenvalue weighted by Crippen LogP contribution is -2.31. The van der Waals surface area contributed by atoms with Crippen molar-refractivity contribution in [2.24, 2.45) is 0 Å². The number of nitrogens with one attached hydrogen (secondary N) is 1. The number of amides is 2. The molecule has 0 aromatic heterocycles. The van der Waals surface area contributed by atoms with Crippen LogP contribution in [0.3, 0.4) is 0 Å². The number of anilines is 2. The van der Waals surface area contributed by atoms with Crippen molar-refractivity contribution in [3.05, 3.63) is 83.3 Å². The predicted octanol–water partition coefficient (Wildman–Crippen LogP) is 4.67. The molecule has 3 aromatic rings. The van der Waals surface area contributed by atoms with Gasteiger partial charge in [-0.25, -0.2) is 13.3 Å². The van der Waals surface area contributed by atoms with Crippen molar-refractivity contribution in [1.29, 1.82) is 0 Å². The molecule has 1 saturated heterocycles. The van der Waals surface area contributed by atoms with E-state index in [2.05, 4.69) is 20.7 Å². The first-order valence-corrected chi connectivity index (χ1v) is 12.5. The zero-order valence-corrected chi connectivity index (χ0v) is 19.3. The molecule has 1 aliphatic rings. The van der Waals surface area contributed by atoms with Crippen molar-refractivity contribution >= 4 is 60.9 Å². The van der Waals surface area contributed by atoms with E-state index in [1.165, 1.54) is 28.8 Å². The quantitative estimate of drug-likeness (QED) is 0.481. The molecule has 9 heteroatoms. The summed E-state index contributed by atoms with van der Waals surface area (Å²) in [6.07, 6.45) is 0.113. The van der Waals surface area contributed by atoms with Gasteiger partial charge in [-0.05, 0) is 60.7 Å². The molecule has 0 radical (unpaired) electrons. The normalized spacial score (nSPS) is 16.5. The molecule has 1 unspecified atom stereocenters. The summed E-state index contributed by atoms with van der Waals surface area (Å²) >= 11 is 4.63. The number of hydrogen-bond acceptors (Lipinski definition) is 5. The van der Waals surface area contributed by atoms with Gasteiger partial charge >= 0.3 is 0 Å². The summed E-state index contributed by atoms with van der Waals surface area (Å²) in [6.45, 7) is 0. The van der Waals surface area contributed by atoms with E-state index < -0.39 is 15.3 Å². The molecule has 1 aliphatic heterocycles. The highest BCUT2D eigenvalue weighted by atomic mass is 79.9. The van der Waals surface area contributed by atoms with E-state index in [-0.39, 0.29) is 23.1 Å². The first kappa shape index (κ1) is 21.6. The Labute approximate surface area is 192 Å². The van der Waals surface area contributed by atoms with Crippen molar-refractivity contribution in [1.82, 2.24) is 0 Å². The van der Waals surface area contributed by atoms with Gasteiger partial charge in [0.2, 0.25) is 11.8 Å². The highest BCUT2D eigenvalue weighted by Crippen LogP contribution is 2.34. The maximum atomic E-state index is 12.8. The van der Waals surface area contributed by atoms with Gasteiger partial charge in [0.1, 0.15) is 0 Å². The lowest BCUT2D eigenvalue weighted by Gasteiger charge is -2.15. The summed E-state index contributed by atoms with van der Waals surface area (Å²) in [5, 5.41) is -0.525. The molecule has 1 fully saturated rings. The monoisotopic (exact) mass is 516 g/mol. The van der Waals surface area contributed by atoms with Crippen molar-refractivity contribution in [3.8, 4) is 0 Å². The third-order valence-corrected chi connectivity index (χ3v) is 7.75. The van der Waals surface area contributed by atoms with Crippen molar-refractivity contribution < 1.29 is 18.0 Å². The average Bonchev–Trinajstić information content (AvgIpc) is 3.03. The van der Waals surface area contributed by atoms with Crippen LogP contribution in [0.2, 0.25) is 0 Å². The summed E-state index contributed by atoms with van der Waals surface area (Å²) in [7, 11) is -3.67. The van der Waals surface area contributed by atoms with Crippen LogP contribution in [-0.4, -0.2) is 25.5 Å². The minimum Gasteiger partial charge on any atom is -0.280 e. The van der Waals surface area contributed by atoms with Gasteiger partial charge in [-0.1, -0.05) is 34.1 Å². The highest BCUT2D eigenvalue weighted by molar-refractivity contribution is 9.10. The molecule has 0 aliphatic carbocycles. The van der Waals surface area contributed by atoms with Crippen LogP contribution in [0.1, 0.15) is 6.42 Å². The summed E-state index contributed by atoms with van der Waals surface area (Å²) < 4.78 is 28.3. The van der Waals surface area contributed by atoms with Gasteiger partial charge in [-0.2, -0.15) is 0 Å². The van der Waals surface area contributed by atoms with E-state index in [0.29, 0.717) is 11.4 Å². The topological polar surface area (TPSA) is 83.5 Å². The molecule has 1 N–H and O–H groups in total. The number of carbonyl (C=O) groups excluding carboxylic acids is 2. The van der Waals surface area contributed by atoms with Crippen LogP contribution >= 0.6 is 27.7 Å². The minimum atomic E-state index is -3.67. The Hall–Kier alpha value is -2.62. The standard InChI is InChI=1S/C22H17BrN2O4S2/c23-15-6-10-17(11-7-15)25-21(26)14-20(22(25)27)30-18-12-8-16(9-13-18)24-31(28,29)19-4-2-1-3-5-19/h1-13,20,24H,14H2.